The fraction of sp³-hybridized carbons (Fsp3) is 0.0435. The second kappa shape index (κ2) is 17.4. The van der Waals surface area contributed by atoms with Gasteiger partial charge in [-0.1, -0.05) is 202 Å². The van der Waals surface area contributed by atoms with Crippen LogP contribution in [0.3, 0.4) is 0 Å². The number of nitrogens with zero attached hydrogens (tertiary/aromatic N) is 2. The van der Waals surface area contributed by atoms with E-state index in [2.05, 4.69) is 260 Å². The average molecular weight is 925 g/mol. The van der Waals surface area contributed by atoms with E-state index in [1.165, 1.54) is 66.4 Å². The smallest absolute Gasteiger partial charge is 0.123 e. The molecule has 1 aliphatic rings. The molecule has 0 fully saturated rings. The highest BCUT2D eigenvalue weighted by molar-refractivity contribution is 6.10. The van der Waals surface area contributed by atoms with E-state index in [1.54, 1.807) is 12.1 Å². The number of rotatable bonds is 9. The molecule has 0 N–H and O–H groups in total. The van der Waals surface area contributed by atoms with E-state index in [1.807, 2.05) is 12.1 Å². The van der Waals surface area contributed by atoms with Crippen molar-refractivity contribution in [3.63, 3.8) is 0 Å². The number of hydrogen-bond donors (Lipinski definition) is 0. The number of benzene rings is 11. The lowest BCUT2D eigenvalue weighted by Gasteiger charge is -2.28. The van der Waals surface area contributed by atoms with Gasteiger partial charge in [0.1, 0.15) is 5.82 Å². The molecule has 0 radical (unpaired) electrons. The largest absolute Gasteiger partial charge is 0.310 e. The summed E-state index contributed by atoms with van der Waals surface area (Å²) in [7, 11) is 0. The van der Waals surface area contributed by atoms with Crippen LogP contribution < -0.4 is 4.90 Å². The van der Waals surface area contributed by atoms with Gasteiger partial charge in [0.05, 0.1) is 16.9 Å². The molecule has 2 nitrogen and oxygen atoms in total. The Morgan fingerprint density at radius 3 is 1.42 bits per heavy atom. The van der Waals surface area contributed by atoms with Gasteiger partial charge in [0.2, 0.25) is 0 Å². The molecule has 1 aliphatic carbocycles. The Hall–Kier alpha value is -9.05. The Balaban J connectivity index is 0.954. The number of hydrogen-bond acceptors (Lipinski definition) is 1. The zero-order valence-corrected chi connectivity index (χ0v) is 40.1. The molecule has 0 saturated heterocycles. The van der Waals surface area contributed by atoms with Crippen LogP contribution in [0, 0.1) is 5.82 Å². The van der Waals surface area contributed by atoms with E-state index >= 15 is 0 Å². The van der Waals surface area contributed by atoms with E-state index in [4.69, 9.17) is 0 Å². The molecule has 1 heterocycles. The van der Waals surface area contributed by atoms with E-state index in [0.29, 0.717) is 0 Å². The number of anilines is 3. The maximum absolute atomic E-state index is 14.6. The van der Waals surface area contributed by atoms with Crippen molar-refractivity contribution < 1.29 is 4.39 Å². The van der Waals surface area contributed by atoms with Crippen molar-refractivity contribution in [1.82, 2.24) is 4.57 Å². The summed E-state index contributed by atoms with van der Waals surface area (Å²) in [6, 6.07) is 92.6. The molecule has 0 aliphatic heterocycles. The first kappa shape index (κ1) is 43.0. The Labute approximate surface area is 420 Å². The summed E-state index contributed by atoms with van der Waals surface area (Å²) in [6.07, 6.45) is 0. The third kappa shape index (κ3) is 7.24. The van der Waals surface area contributed by atoms with E-state index in [0.717, 1.165) is 56.0 Å². The molecule has 1 aromatic heterocycles. The fourth-order valence-corrected chi connectivity index (χ4v) is 11.3. The topological polar surface area (TPSA) is 8.17 Å². The van der Waals surface area contributed by atoms with Gasteiger partial charge in [-0.25, -0.2) is 4.39 Å². The molecule has 0 unspecified atom stereocenters. The molecule has 0 amide bonds. The van der Waals surface area contributed by atoms with Gasteiger partial charge in [0.25, 0.3) is 0 Å². The van der Waals surface area contributed by atoms with Gasteiger partial charge in [0.15, 0.2) is 0 Å². The first-order valence-corrected chi connectivity index (χ1v) is 24.8. The second-order valence-electron chi connectivity index (χ2n) is 19.4. The molecule has 13 rings (SSSR count). The van der Waals surface area contributed by atoms with Crippen molar-refractivity contribution in [1.29, 1.82) is 0 Å². The summed E-state index contributed by atoms with van der Waals surface area (Å²) < 4.78 is 16.9. The lowest BCUT2D eigenvalue weighted by molar-refractivity contribution is 0.627. The van der Waals surface area contributed by atoms with Gasteiger partial charge in [-0.3, -0.25) is 0 Å². The standard InChI is InChI=1S/C69H49FN2/c1-69(2)63-43-52(31-40-59(63)61-44-62-66(45-64(61)69)72(56-38-32-53(70)33-39-56)68(51-23-13-6-14-24-51)67(62)50-21-11-5-12-22-50)57-41-42-65(60-26-16-15-25-58(57)60)71(54-34-27-48(28-35-54)46-17-7-3-8-18-46)55-36-29-49(30-37-55)47-19-9-4-10-20-47/h3-45H,1-2H3. The number of aromatic nitrogens is 1. The second-order valence-corrected chi connectivity index (χ2v) is 19.4. The molecule has 0 spiro atoms. The maximum atomic E-state index is 14.6. The third-order valence-corrected chi connectivity index (χ3v) is 14.9. The minimum atomic E-state index is -0.322. The minimum absolute atomic E-state index is 0.254. The normalized spacial score (nSPS) is 12.5. The Bertz CT molecular complexity index is 3870. The number of halogens is 1. The molecule has 342 valence electrons. The molecule has 0 atom stereocenters. The summed E-state index contributed by atoms with van der Waals surface area (Å²) in [6.45, 7) is 4.72. The van der Waals surface area contributed by atoms with Crippen LogP contribution in [-0.4, -0.2) is 4.57 Å². The Morgan fingerprint density at radius 1 is 0.361 bits per heavy atom. The van der Waals surface area contributed by atoms with Crippen LogP contribution in [0.2, 0.25) is 0 Å². The summed E-state index contributed by atoms with van der Waals surface area (Å²) >= 11 is 0. The summed E-state index contributed by atoms with van der Waals surface area (Å²) in [5.74, 6) is -0.254. The van der Waals surface area contributed by atoms with Crippen LogP contribution in [0.25, 0.3) is 94.3 Å². The Morgan fingerprint density at radius 2 is 0.833 bits per heavy atom. The lowest BCUT2D eigenvalue weighted by Crippen LogP contribution is -2.15. The van der Waals surface area contributed by atoms with Crippen LogP contribution in [0.5, 0.6) is 0 Å². The van der Waals surface area contributed by atoms with Crippen LogP contribution in [0.15, 0.2) is 261 Å². The van der Waals surface area contributed by atoms with Crippen molar-refractivity contribution in [2.75, 3.05) is 4.90 Å². The van der Waals surface area contributed by atoms with Gasteiger partial charge >= 0.3 is 0 Å². The molecule has 3 heteroatoms. The van der Waals surface area contributed by atoms with Gasteiger partial charge in [-0.15, -0.1) is 0 Å². The quantitative estimate of drug-likeness (QED) is 0.140. The van der Waals surface area contributed by atoms with Gasteiger partial charge in [-0.2, -0.15) is 0 Å². The molecular formula is C69H49FN2. The van der Waals surface area contributed by atoms with Crippen LogP contribution in [0.1, 0.15) is 25.0 Å². The first-order chi connectivity index (χ1) is 35.4. The fourth-order valence-electron chi connectivity index (χ4n) is 11.3. The van der Waals surface area contributed by atoms with Gasteiger partial charge in [0, 0.05) is 38.8 Å². The summed E-state index contributed by atoms with van der Waals surface area (Å²) in [5.41, 5.74) is 21.6. The van der Waals surface area contributed by atoms with Crippen LogP contribution in [-0.2, 0) is 5.41 Å². The SMILES string of the molecule is CC1(C)c2cc(-c3ccc(N(c4ccc(-c5ccccc5)cc4)c4ccc(-c5ccccc5)cc4)c4ccccc34)ccc2-c2cc3c(-c4ccccc4)c(-c4ccccc4)n(-c4ccc(F)cc4)c3cc21. The molecule has 72 heavy (non-hydrogen) atoms. The van der Waals surface area contributed by atoms with Crippen LogP contribution >= 0.6 is 0 Å². The molecule has 0 saturated carbocycles. The average Bonchev–Trinajstić information content (AvgIpc) is 3.89. The molecule has 12 aromatic rings. The molecule has 0 bridgehead atoms. The van der Waals surface area contributed by atoms with E-state index in [-0.39, 0.29) is 11.2 Å². The Kier molecular flexibility index (Phi) is 10.4. The highest BCUT2D eigenvalue weighted by Gasteiger charge is 2.37. The van der Waals surface area contributed by atoms with Gasteiger partial charge < -0.3 is 9.47 Å². The zero-order valence-electron chi connectivity index (χ0n) is 40.1. The third-order valence-electron chi connectivity index (χ3n) is 14.9. The summed E-state index contributed by atoms with van der Waals surface area (Å²) in [4.78, 5) is 2.40. The first-order valence-electron chi connectivity index (χ1n) is 24.8. The predicted molar refractivity (Wildman–Crippen MR) is 300 cm³/mol. The minimum Gasteiger partial charge on any atom is -0.310 e. The predicted octanol–water partition coefficient (Wildman–Crippen LogP) is 19.0. The maximum Gasteiger partial charge on any atom is 0.123 e. The number of fused-ring (bicyclic) bond motifs is 5. The van der Waals surface area contributed by atoms with Crippen LogP contribution in [0.4, 0.5) is 21.5 Å². The zero-order chi connectivity index (χ0) is 48.3. The van der Waals surface area contributed by atoms with E-state index in [9.17, 15) is 4.39 Å². The highest BCUT2D eigenvalue weighted by atomic mass is 19.1. The highest BCUT2D eigenvalue weighted by Crippen LogP contribution is 2.54. The van der Waals surface area contributed by atoms with Crippen molar-refractivity contribution in [2.45, 2.75) is 19.3 Å². The van der Waals surface area contributed by atoms with E-state index < -0.39 is 0 Å². The lowest BCUT2D eigenvalue weighted by atomic mass is 9.81. The summed E-state index contributed by atoms with van der Waals surface area (Å²) in [5, 5.41) is 3.52. The monoisotopic (exact) mass is 924 g/mol. The molecule has 11 aromatic carbocycles. The van der Waals surface area contributed by atoms with Crippen molar-refractivity contribution >= 4 is 38.7 Å². The van der Waals surface area contributed by atoms with Crippen molar-refractivity contribution in [3.05, 3.63) is 278 Å². The van der Waals surface area contributed by atoms with Crippen molar-refractivity contribution in [3.8, 4) is 72.6 Å². The van der Waals surface area contributed by atoms with Crippen molar-refractivity contribution in [2.24, 2.45) is 0 Å². The molecular weight excluding hydrogens is 876 g/mol. The van der Waals surface area contributed by atoms with Gasteiger partial charge in [-0.05, 0) is 145 Å².